The predicted octanol–water partition coefficient (Wildman–Crippen LogP) is 3.99. The summed E-state index contributed by atoms with van der Waals surface area (Å²) in [5.74, 6) is -0.855. The number of aliphatic carboxylic acids is 1. The molecule has 3 N–H and O–H groups in total. The Bertz CT molecular complexity index is 1770. The Hall–Kier alpha value is -4.33. The minimum atomic E-state index is -1.41. The molecule has 0 unspecified atom stereocenters. The highest BCUT2D eigenvalue weighted by Crippen LogP contribution is 2.45. The van der Waals surface area contributed by atoms with E-state index in [2.05, 4.69) is 20.6 Å². The van der Waals surface area contributed by atoms with Crippen LogP contribution in [-0.2, 0) is 26.2 Å². The number of carbonyl (C=O) groups is 4. The number of carboxylic acid groups (broad SMARTS) is 1. The van der Waals surface area contributed by atoms with Crippen molar-refractivity contribution in [1.29, 1.82) is 0 Å². The number of nitrogens with one attached hydrogen (secondary N) is 2. The first kappa shape index (κ1) is 33.2. The normalized spacial score (nSPS) is 28.6. The molecule has 13 nitrogen and oxygen atoms in total. The molecular formula is C35H43N7O6S. The minimum Gasteiger partial charge on any atom is -0.479 e. The van der Waals surface area contributed by atoms with E-state index in [1.54, 1.807) is 12.4 Å². The summed E-state index contributed by atoms with van der Waals surface area (Å²) in [6.45, 7) is 0.0733. The number of thiophene rings is 1. The molecule has 0 spiro atoms. The van der Waals surface area contributed by atoms with Gasteiger partial charge in [-0.25, -0.2) is 14.8 Å². The molecule has 1 saturated heterocycles. The molecule has 2 aliphatic carbocycles. The fourth-order valence-corrected chi connectivity index (χ4v) is 8.39. The number of carbonyl (C=O) groups excluding carboxylic acids is 3. The smallest absolute Gasteiger partial charge is 0.330 e. The summed E-state index contributed by atoms with van der Waals surface area (Å²) in [4.78, 5) is 69.4. The van der Waals surface area contributed by atoms with E-state index in [0.29, 0.717) is 41.8 Å². The van der Waals surface area contributed by atoms with Crippen LogP contribution in [0.25, 0.3) is 21.9 Å². The molecule has 7 rings (SSSR count). The van der Waals surface area contributed by atoms with Crippen molar-refractivity contribution in [3.8, 4) is 17.5 Å². The lowest BCUT2D eigenvalue weighted by molar-refractivity contribution is -0.146. The van der Waals surface area contributed by atoms with Gasteiger partial charge in [0.1, 0.15) is 28.4 Å². The summed E-state index contributed by atoms with van der Waals surface area (Å²) >= 11 is 1.43. The number of allylic oxidation sites excluding steroid dienone is 1. The van der Waals surface area contributed by atoms with Gasteiger partial charge in [0.25, 0.3) is 0 Å². The van der Waals surface area contributed by atoms with Crippen molar-refractivity contribution in [3.05, 3.63) is 36.0 Å². The van der Waals surface area contributed by atoms with Crippen LogP contribution in [0, 0.1) is 11.8 Å². The van der Waals surface area contributed by atoms with Crippen molar-refractivity contribution in [2.75, 3.05) is 6.54 Å². The van der Waals surface area contributed by atoms with Gasteiger partial charge < -0.3 is 29.9 Å². The molecule has 4 aliphatic rings. The zero-order chi connectivity index (χ0) is 34.1. The van der Waals surface area contributed by atoms with Crippen LogP contribution in [0.15, 0.2) is 36.0 Å². The second kappa shape index (κ2) is 13.9. The number of hydrogen-bond acceptors (Lipinski definition) is 9. The van der Waals surface area contributed by atoms with Crippen LogP contribution in [-0.4, -0.2) is 83.5 Å². The van der Waals surface area contributed by atoms with Crippen LogP contribution >= 0.6 is 11.3 Å². The second-order valence-electron chi connectivity index (χ2n) is 13.9. The third-order valence-corrected chi connectivity index (χ3v) is 11.4. The van der Waals surface area contributed by atoms with E-state index in [-0.39, 0.29) is 37.1 Å². The lowest BCUT2D eigenvalue weighted by atomic mass is 10.0. The monoisotopic (exact) mass is 689 g/mol. The number of aromatic nitrogens is 4. The van der Waals surface area contributed by atoms with Crippen molar-refractivity contribution in [3.63, 3.8) is 0 Å². The number of aryl methyl sites for hydroxylation is 1. The van der Waals surface area contributed by atoms with Crippen molar-refractivity contribution in [1.82, 2.24) is 35.1 Å². The van der Waals surface area contributed by atoms with Crippen molar-refractivity contribution in [2.45, 2.75) is 101 Å². The molecule has 2 saturated carbocycles. The molecule has 5 heterocycles. The lowest BCUT2D eigenvalue weighted by Gasteiger charge is -2.29. The largest absolute Gasteiger partial charge is 0.479 e. The molecule has 3 aromatic heterocycles. The Labute approximate surface area is 288 Å². The number of rotatable bonds is 7. The van der Waals surface area contributed by atoms with Crippen LogP contribution in [0.3, 0.4) is 0 Å². The molecule has 5 atom stereocenters. The van der Waals surface area contributed by atoms with Gasteiger partial charge in [0, 0.05) is 38.2 Å². The molecule has 3 aromatic rings. The van der Waals surface area contributed by atoms with Gasteiger partial charge in [-0.15, -0.1) is 11.3 Å². The van der Waals surface area contributed by atoms with E-state index in [0.717, 1.165) is 56.1 Å². The molecule has 0 aromatic carbocycles. The average Bonchev–Trinajstić information content (AvgIpc) is 3.67. The van der Waals surface area contributed by atoms with E-state index in [1.165, 1.54) is 16.2 Å². The summed E-state index contributed by atoms with van der Waals surface area (Å²) in [6.07, 6.45) is 15.5. The van der Waals surface area contributed by atoms with Gasteiger partial charge in [0.05, 0.1) is 12.1 Å². The van der Waals surface area contributed by atoms with Crippen LogP contribution < -0.4 is 15.4 Å². The first-order valence-electron chi connectivity index (χ1n) is 17.4. The number of amides is 3. The van der Waals surface area contributed by atoms with Crippen LogP contribution in [0.2, 0.25) is 0 Å². The average molecular weight is 690 g/mol. The third-order valence-electron chi connectivity index (χ3n) is 10.5. The maximum Gasteiger partial charge on any atom is 0.330 e. The standard InChI is InChI=1S/C35H43N7O6S/c1-41-15-14-36-30(41)29-38-24-13-16-49-28(24)32(39-29)48-23-18-26-31(44)40-35(34(46)47)19-22(35)11-5-3-2-4-6-12-25(33(45)42(26)20-23)37-27(43)17-21-9-7-8-10-21/h5,11,13-16,21-23,25-26H,2-4,6-10,12,17-20H2,1H3,(H,37,43)(H,40,44)(H,46,47)/b11-5-/t22-,23-,25+,26+,35-/m1/s1. The summed E-state index contributed by atoms with van der Waals surface area (Å²) < 4.78 is 9.05. The van der Waals surface area contributed by atoms with Gasteiger partial charge in [-0.1, -0.05) is 37.8 Å². The minimum absolute atomic E-state index is 0.0733. The highest BCUT2D eigenvalue weighted by Gasteiger charge is 2.61. The molecule has 49 heavy (non-hydrogen) atoms. The Morgan fingerprint density at radius 1 is 1.14 bits per heavy atom. The highest BCUT2D eigenvalue weighted by atomic mass is 32.1. The van der Waals surface area contributed by atoms with Gasteiger partial charge in [0.15, 0.2) is 11.6 Å². The Kier molecular flexibility index (Phi) is 9.40. The van der Waals surface area contributed by atoms with Crippen molar-refractivity contribution < 1.29 is 29.0 Å². The fourth-order valence-electron chi connectivity index (χ4n) is 7.63. The SMILES string of the molecule is Cn1ccnc1-c1nc(O[C@@H]2C[C@H]3C(=O)N[C@]4(C(=O)O)C[C@H]4/C=C\CCCCC[C@H](NC(=O)CC4CCCC4)C(=O)N3C2)c2sccc2n1. The number of fused-ring (bicyclic) bond motifs is 3. The van der Waals surface area contributed by atoms with E-state index >= 15 is 0 Å². The maximum absolute atomic E-state index is 14.4. The molecule has 3 fully saturated rings. The van der Waals surface area contributed by atoms with Crippen LogP contribution in [0.4, 0.5) is 0 Å². The summed E-state index contributed by atoms with van der Waals surface area (Å²) in [6, 6.07) is 0.0816. The third kappa shape index (κ3) is 6.92. The lowest BCUT2D eigenvalue weighted by Crippen LogP contribution is -2.56. The Morgan fingerprint density at radius 2 is 1.96 bits per heavy atom. The van der Waals surface area contributed by atoms with Gasteiger partial charge in [-0.3, -0.25) is 14.4 Å². The predicted molar refractivity (Wildman–Crippen MR) is 181 cm³/mol. The fraction of sp³-hybridized carbons (Fsp3) is 0.571. The van der Waals surface area contributed by atoms with E-state index in [1.807, 2.05) is 35.2 Å². The van der Waals surface area contributed by atoms with Gasteiger partial charge in [-0.2, -0.15) is 4.98 Å². The quantitative estimate of drug-likeness (QED) is 0.311. The first-order chi connectivity index (χ1) is 23.7. The van der Waals surface area contributed by atoms with E-state index < -0.39 is 35.6 Å². The molecule has 0 bridgehead atoms. The van der Waals surface area contributed by atoms with Crippen LogP contribution in [0.5, 0.6) is 5.88 Å². The summed E-state index contributed by atoms with van der Waals surface area (Å²) in [5.41, 5.74) is -0.723. The summed E-state index contributed by atoms with van der Waals surface area (Å²) in [5, 5.41) is 17.9. The Morgan fingerprint density at radius 3 is 2.73 bits per heavy atom. The molecule has 260 valence electrons. The topological polar surface area (TPSA) is 169 Å². The zero-order valence-electron chi connectivity index (χ0n) is 27.7. The number of hydrogen-bond donors (Lipinski definition) is 3. The molecule has 2 aliphatic heterocycles. The molecule has 3 amide bonds. The van der Waals surface area contributed by atoms with Gasteiger partial charge in [-0.05, 0) is 55.9 Å². The van der Waals surface area contributed by atoms with Crippen molar-refractivity contribution >= 4 is 45.2 Å². The van der Waals surface area contributed by atoms with Gasteiger partial charge in [0.2, 0.25) is 23.6 Å². The highest BCUT2D eigenvalue weighted by molar-refractivity contribution is 7.17. The molecule has 14 heteroatoms. The first-order valence-corrected chi connectivity index (χ1v) is 18.3. The number of carboxylic acids is 1. The number of nitrogens with zero attached hydrogens (tertiary/aromatic N) is 5. The van der Waals surface area contributed by atoms with E-state index in [4.69, 9.17) is 9.72 Å². The zero-order valence-corrected chi connectivity index (χ0v) is 28.5. The maximum atomic E-state index is 14.4. The molecule has 0 radical (unpaired) electrons. The van der Waals surface area contributed by atoms with E-state index in [9.17, 15) is 24.3 Å². The van der Waals surface area contributed by atoms with Crippen molar-refractivity contribution in [2.24, 2.45) is 18.9 Å². The summed E-state index contributed by atoms with van der Waals surface area (Å²) in [7, 11) is 1.85. The Balaban J connectivity index is 1.18. The number of ether oxygens (including phenoxy) is 1. The number of imidazole rings is 1. The molecular weight excluding hydrogens is 646 g/mol. The second-order valence-corrected chi connectivity index (χ2v) is 14.9. The van der Waals surface area contributed by atoms with Crippen LogP contribution in [0.1, 0.15) is 77.0 Å². The van der Waals surface area contributed by atoms with Gasteiger partial charge >= 0.3 is 5.97 Å².